The molecule has 0 N–H and O–H groups in total. The molecule has 2 aromatic heterocycles. The molecule has 2 aromatic carbocycles. The molecule has 0 aliphatic carbocycles. The summed E-state index contributed by atoms with van der Waals surface area (Å²) in [6.07, 6.45) is 1.69. The van der Waals surface area contributed by atoms with Crippen molar-refractivity contribution < 1.29 is 19.1 Å². The quantitative estimate of drug-likeness (QED) is 0.345. The first-order valence-corrected chi connectivity index (χ1v) is 12.5. The van der Waals surface area contributed by atoms with Crippen molar-refractivity contribution in [3.8, 4) is 22.8 Å². The van der Waals surface area contributed by atoms with E-state index in [-0.39, 0.29) is 18.2 Å². The van der Waals surface area contributed by atoms with E-state index in [9.17, 15) is 9.59 Å². The van der Waals surface area contributed by atoms with E-state index in [1.54, 1.807) is 37.0 Å². The summed E-state index contributed by atoms with van der Waals surface area (Å²) in [5.74, 6) is 0.827. The number of anilines is 1. The van der Waals surface area contributed by atoms with Crippen molar-refractivity contribution in [3.05, 3.63) is 90.3 Å². The molecule has 0 unspecified atom stereocenters. The highest BCUT2D eigenvalue weighted by Crippen LogP contribution is 2.27. The minimum absolute atomic E-state index is 0.0130. The van der Waals surface area contributed by atoms with E-state index in [0.29, 0.717) is 30.2 Å². The maximum absolute atomic E-state index is 13.0. The van der Waals surface area contributed by atoms with Crippen molar-refractivity contribution in [2.24, 2.45) is 0 Å². The Morgan fingerprint density at radius 1 is 0.921 bits per heavy atom. The molecule has 1 saturated heterocycles. The van der Waals surface area contributed by atoms with Crippen LogP contribution in [0.4, 0.5) is 5.69 Å². The lowest BCUT2D eigenvalue weighted by Crippen LogP contribution is -2.48. The third kappa shape index (κ3) is 5.22. The molecule has 9 heteroatoms. The maximum atomic E-state index is 13.0. The average Bonchev–Trinajstić information content (AvgIpc) is 3.43. The van der Waals surface area contributed by atoms with Crippen LogP contribution >= 0.6 is 0 Å². The first-order chi connectivity index (χ1) is 18.6. The molecule has 0 bridgehead atoms. The maximum Gasteiger partial charge on any atom is 0.358 e. The standard InChI is InChI=1S/C29H29N5O4/c1-3-38-29(36)25-20-26(34(31-25)27-9-4-5-14-30-27)21-10-12-23(13-11-21)32-15-17-33(18-16-32)28(35)22-7-6-8-24(19-22)37-2/h4-14,19-20H,3,15-18H2,1-2H3. The normalized spacial score (nSPS) is 13.3. The predicted octanol–water partition coefficient (Wildman–Crippen LogP) is 4.08. The van der Waals surface area contributed by atoms with Crippen molar-refractivity contribution in [2.45, 2.75) is 6.92 Å². The van der Waals surface area contributed by atoms with Crippen LogP contribution in [0.25, 0.3) is 17.1 Å². The number of carbonyl (C=O) groups excluding carboxylic acids is 2. The molecule has 5 rings (SSSR count). The number of hydrogen-bond acceptors (Lipinski definition) is 7. The minimum atomic E-state index is -0.471. The molecular formula is C29H29N5O4. The largest absolute Gasteiger partial charge is 0.497 e. The lowest BCUT2D eigenvalue weighted by atomic mass is 10.1. The van der Waals surface area contributed by atoms with E-state index < -0.39 is 5.97 Å². The number of nitrogens with zero attached hydrogens (tertiary/aromatic N) is 5. The number of piperazine rings is 1. The minimum Gasteiger partial charge on any atom is -0.497 e. The van der Waals surface area contributed by atoms with E-state index in [1.807, 2.05) is 53.4 Å². The van der Waals surface area contributed by atoms with Crippen molar-refractivity contribution in [2.75, 3.05) is 44.8 Å². The summed E-state index contributed by atoms with van der Waals surface area (Å²) in [4.78, 5) is 33.9. The fraction of sp³-hybridized carbons (Fsp3) is 0.241. The summed E-state index contributed by atoms with van der Waals surface area (Å²) in [7, 11) is 1.60. The van der Waals surface area contributed by atoms with Gasteiger partial charge in [0.15, 0.2) is 11.5 Å². The van der Waals surface area contributed by atoms with Gasteiger partial charge in [-0.2, -0.15) is 5.10 Å². The van der Waals surface area contributed by atoms with Gasteiger partial charge < -0.3 is 19.3 Å². The number of pyridine rings is 1. The summed E-state index contributed by atoms with van der Waals surface area (Å²) in [6.45, 7) is 4.77. The summed E-state index contributed by atoms with van der Waals surface area (Å²) in [5.41, 5.74) is 3.57. The topological polar surface area (TPSA) is 89.8 Å². The van der Waals surface area contributed by atoms with Crippen LogP contribution in [0.15, 0.2) is 79.0 Å². The Kier molecular flexibility index (Phi) is 7.35. The van der Waals surface area contributed by atoms with Crippen LogP contribution in [-0.4, -0.2) is 71.4 Å². The van der Waals surface area contributed by atoms with E-state index in [4.69, 9.17) is 9.47 Å². The van der Waals surface area contributed by atoms with Crippen LogP contribution < -0.4 is 9.64 Å². The molecule has 9 nitrogen and oxygen atoms in total. The Hall–Kier alpha value is -4.66. The number of esters is 1. The van der Waals surface area contributed by atoms with Gasteiger partial charge in [0.1, 0.15) is 5.75 Å². The molecule has 4 aromatic rings. The van der Waals surface area contributed by atoms with Crippen LogP contribution in [0.5, 0.6) is 5.75 Å². The Morgan fingerprint density at radius 2 is 1.71 bits per heavy atom. The number of carbonyl (C=O) groups is 2. The van der Waals surface area contributed by atoms with Crippen LogP contribution in [-0.2, 0) is 4.74 Å². The fourth-order valence-corrected chi connectivity index (χ4v) is 4.49. The van der Waals surface area contributed by atoms with Crippen LogP contribution in [0.2, 0.25) is 0 Å². The van der Waals surface area contributed by atoms with Crippen molar-refractivity contribution in [1.29, 1.82) is 0 Å². The molecule has 0 atom stereocenters. The van der Waals surface area contributed by atoms with Crippen LogP contribution in [0.3, 0.4) is 0 Å². The molecule has 1 aliphatic heterocycles. The molecule has 1 amide bonds. The molecule has 0 spiro atoms. The van der Waals surface area contributed by atoms with E-state index in [1.165, 1.54) is 0 Å². The number of rotatable bonds is 7. The van der Waals surface area contributed by atoms with Gasteiger partial charge in [-0.3, -0.25) is 4.79 Å². The summed E-state index contributed by atoms with van der Waals surface area (Å²) in [5, 5.41) is 4.47. The SMILES string of the molecule is CCOC(=O)c1cc(-c2ccc(N3CCN(C(=O)c4cccc(OC)c4)CC3)cc2)n(-c2ccccn2)n1. The molecular weight excluding hydrogens is 482 g/mol. The van der Waals surface area contributed by atoms with Gasteiger partial charge in [-0.05, 0) is 55.5 Å². The van der Waals surface area contributed by atoms with Gasteiger partial charge in [0, 0.05) is 49.2 Å². The van der Waals surface area contributed by atoms with Gasteiger partial charge in [0.05, 0.1) is 19.4 Å². The number of ether oxygens (including phenoxy) is 2. The van der Waals surface area contributed by atoms with Crippen molar-refractivity contribution in [1.82, 2.24) is 19.7 Å². The van der Waals surface area contributed by atoms with Gasteiger partial charge >= 0.3 is 5.97 Å². The zero-order valence-electron chi connectivity index (χ0n) is 21.4. The zero-order valence-corrected chi connectivity index (χ0v) is 21.4. The number of amides is 1. The molecule has 0 saturated carbocycles. The van der Waals surface area contributed by atoms with Gasteiger partial charge in [-0.15, -0.1) is 0 Å². The number of aromatic nitrogens is 3. The van der Waals surface area contributed by atoms with E-state index >= 15 is 0 Å². The summed E-state index contributed by atoms with van der Waals surface area (Å²) in [6, 6.07) is 22.6. The number of methoxy groups -OCH3 is 1. The summed E-state index contributed by atoms with van der Waals surface area (Å²) < 4.78 is 12.1. The molecule has 1 fully saturated rings. The average molecular weight is 512 g/mol. The monoisotopic (exact) mass is 511 g/mol. The first-order valence-electron chi connectivity index (χ1n) is 12.5. The Bertz CT molecular complexity index is 1410. The Labute approximate surface area is 221 Å². The van der Waals surface area contributed by atoms with Gasteiger partial charge in [0.25, 0.3) is 5.91 Å². The lowest BCUT2D eigenvalue weighted by molar-refractivity contribution is 0.0518. The molecule has 1 aliphatic rings. The highest BCUT2D eigenvalue weighted by atomic mass is 16.5. The fourth-order valence-electron chi connectivity index (χ4n) is 4.49. The van der Waals surface area contributed by atoms with E-state index in [0.717, 1.165) is 30.0 Å². The highest BCUT2D eigenvalue weighted by molar-refractivity contribution is 5.94. The van der Waals surface area contributed by atoms with Crippen LogP contribution in [0, 0.1) is 0 Å². The highest BCUT2D eigenvalue weighted by Gasteiger charge is 2.23. The van der Waals surface area contributed by atoms with Gasteiger partial charge in [-0.25, -0.2) is 14.5 Å². The smallest absolute Gasteiger partial charge is 0.358 e. The molecule has 38 heavy (non-hydrogen) atoms. The third-order valence-corrected chi connectivity index (χ3v) is 6.47. The Balaban J connectivity index is 1.31. The zero-order chi connectivity index (χ0) is 26.5. The number of benzene rings is 2. The van der Waals surface area contributed by atoms with E-state index in [2.05, 4.69) is 27.1 Å². The third-order valence-electron chi connectivity index (χ3n) is 6.47. The van der Waals surface area contributed by atoms with Crippen molar-refractivity contribution >= 4 is 17.6 Å². The number of hydrogen-bond donors (Lipinski definition) is 0. The lowest BCUT2D eigenvalue weighted by Gasteiger charge is -2.36. The first kappa shape index (κ1) is 25.0. The molecule has 0 radical (unpaired) electrons. The van der Waals surface area contributed by atoms with Gasteiger partial charge in [0.2, 0.25) is 0 Å². The van der Waals surface area contributed by atoms with Crippen molar-refractivity contribution in [3.63, 3.8) is 0 Å². The molecule has 194 valence electrons. The second kappa shape index (κ2) is 11.2. The summed E-state index contributed by atoms with van der Waals surface area (Å²) >= 11 is 0. The van der Waals surface area contributed by atoms with Crippen LogP contribution in [0.1, 0.15) is 27.8 Å². The van der Waals surface area contributed by atoms with Gasteiger partial charge in [-0.1, -0.05) is 24.3 Å². The second-order valence-electron chi connectivity index (χ2n) is 8.79. The predicted molar refractivity (Wildman–Crippen MR) is 144 cm³/mol. The molecule has 3 heterocycles. The second-order valence-corrected chi connectivity index (χ2v) is 8.79. The Morgan fingerprint density at radius 3 is 2.39 bits per heavy atom.